The lowest BCUT2D eigenvalue weighted by Crippen LogP contribution is -2.27. The molecule has 0 heterocycles. The fourth-order valence-electron chi connectivity index (χ4n) is 1.10. The second-order valence-corrected chi connectivity index (χ2v) is 2.98. The van der Waals surface area contributed by atoms with Gasteiger partial charge in [0, 0.05) is 19.5 Å². The van der Waals surface area contributed by atoms with Crippen LogP contribution in [-0.2, 0) is 11.2 Å². The average molecular weight is 190 g/mol. The van der Waals surface area contributed by atoms with E-state index in [1.54, 1.807) is 0 Å². The van der Waals surface area contributed by atoms with Crippen LogP contribution < -0.4 is 11.1 Å². The number of amides is 1. The van der Waals surface area contributed by atoms with E-state index in [-0.39, 0.29) is 5.91 Å². The monoisotopic (exact) mass is 190 g/mol. The van der Waals surface area contributed by atoms with Gasteiger partial charge < -0.3 is 11.1 Å². The third kappa shape index (κ3) is 3.92. The maximum Gasteiger partial charge on any atom is 0.221 e. The Balaban J connectivity index is 2.19. The van der Waals surface area contributed by atoms with Crippen LogP contribution in [0.5, 0.6) is 0 Å². The number of nitrogens with one attached hydrogen (secondary N) is 1. The van der Waals surface area contributed by atoms with Crippen LogP contribution in [0, 0.1) is 12.1 Å². The molecule has 0 aliphatic heterocycles. The van der Waals surface area contributed by atoms with Crippen LogP contribution in [0.2, 0.25) is 0 Å². The van der Waals surface area contributed by atoms with E-state index in [0.717, 1.165) is 12.0 Å². The molecule has 3 nitrogen and oxygen atoms in total. The minimum Gasteiger partial charge on any atom is -0.356 e. The van der Waals surface area contributed by atoms with E-state index >= 15 is 0 Å². The maximum atomic E-state index is 11.0. The molecule has 0 aliphatic carbocycles. The van der Waals surface area contributed by atoms with Crippen LogP contribution in [0.4, 0.5) is 0 Å². The summed E-state index contributed by atoms with van der Waals surface area (Å²) in [5.41, 5.74) is 6.39. The highest BCUT2D eigenvalue weighted by Crippen LogP contribution is 1.94. The molecule has 0 spiro atoms. The molecule has 0 bridgehead atoms. The Morgan fingerprint density at radius 1 is 1.50 bits per heavy atom. The molecule has 0 atom stereocenters. The van der Waals surface area contributed by atoms with Gasteiger partial charge in [-0.1, -0.05) is 12.1 Å². The lowest BCUT2D eigenvalue weighted by molar-refractivity contribution is -0.120. The summed E-state index contributed by atoms with van der Waals surface area (Å²) in [5, 5.41) is 2.79. The number of rotatable bonds is 5. The molecule has 1 amide bonds. The summed E-state index contributed by atoms with van der Waals surface area (Å²) in [5.74, 6) is 0.0129. The van der Waals surface area contributed by atoms with Crippen molar-refractivity contribution in [2.45, 2.75) is 12.8 Å². The van der Waals surface area contributed by atoms with Crippen molar-refractivity contribution in [1.82, 2.24) is 5.32 Å². The van der Waals surface area contributed by atoms with E-state index in [1.165, 1.54) is 0 Å². The van der Waals surface area contributed by atoms with Gasteiger partial charge in [-0.3, -0.25) is 4.79 Å². The molecular formula is C11H14N2O. The van der Waals surface area contributed by atoms with Crippen molar-refractivity contribution in [3.63, 3.8) is 0 Å². The molecule has 0 radical (unpaired) electrons. The lowest BCUT2D eigenvalue weighted by atomic mass is 10.2. The molecule has 1 aromatic carbocycles. The summed E-state index contributed by atoms with van der Waals surface area (Å²) in [6, 6.07) is 11.3. The Bertz CT molecular complexity index is 272. The first kappa shape index (κ1) is 10.6. The Labute approximate surface area is 84.3 Å². The van der Waals surface area contributed by atoms with Crippen LogP contribution in [0.15, 0.2) is 18.2 Å². The molecule has 14 heavy (non-hydrogen) atoms. The summed E-state index contributed by atoms with van der Waals surface area (Å²) < 4.78 is 0. The second kappa shape index (κ2) is 6.01. The van der Waals surface area contributed by atoms with Crippen molar-refractivity contribution in [1.29, 1.82) is 0 Å². The van der Waals surface area contributed by atoms with E-state index in [1.807, 2.05) is 18.2 Å². The van der Waals surface area contributed by atoms with Crippen molar-refractivity contribution in [2.24, 2.45) is 5.73 Å². The summed E-state index contributed by atoms with van der Waals surface area (Å²) in [6.45, 7) is 1.05. The van der Waals surface area contributed by atoms with Gasteiger partial charge in [-0.15, -0.1) is 0 Å². The summed E-state index contributed by atoms with van der Waals surface area (Å²) in [7, 11) is 0. The molecule has 3 heteroatoms. The van der Waals surface area contributed by atoms with Crippen LogP contribution in [0.25, 0.3) is 0 Å². The first-order valence-corrected chi connectivity index (χ1v) is 4.66. The third-order valence-electron chi connectivity index (χ3n) is 1.83. The number of carbonyl (C=O) groups is 1. The summed E-state index contributed by atoms with van der Waals surface area (Å²) >= 11 is 0. The molecule has 74 valence electrons. The van der Waals surface area contributed by atoms with Gasteiger partial charge in [-0.2, -0.15) is 0 Å². The van der Waals surface area contributed by atoms with Crippen molar-refractivity contribution in [3.05, 3.63) is 35.9 Å². The number of hydrogen-bond acceptors (Lipinski definition) is 2. The topological polar surface area (TPSA) is 55.1 Å². The zero-order chi connectivity index (χ0) is 10.2. The van der Waals surface area contributed by atoms with Gasteiger partial charge in [0.15, 0.2) is 0 Å². The molecule has 0 aromatic heterocycles. The Morgan fingerprint density at radius 2 is 2.36 bits per heavy atom. The smallest absolute Gasteiger partial charge is 0.221 e. The summed E-state index contributed by atoms with van der Waals surface area (Å²) in [4.78, 5) is 11.0. The van der Waals surface area contributed by atoms with Crippen LogP contribution in [0.1, 0.15) is 12.0 Å². The quantitative estimate of drug-likeness (QED) is 0.701. The first-order valence-electron chi connectivity index (χ1n) is 4.66. The Morgan fingerprint density at radius 3 is 3.00 bits per heavy atom. The molecule has 0 saturated heterocycles. The van der Waals surface area contributed by atoms with Gasteiger partial charge in [-0.25, -0.2) is 0 Å². The normalized spacial score (nSPS) is 9.21. The van der Waals surface area contributed by atoms with Gasteiger partial charge in [-0.05, 0) is 30.2 Å². The molecule has 0 saturated carbocycles. The largest absolute Gasteiger partial charge is 0.356 e. The molecule has 0 fully saturated rings. The van der Waals surface area contributed by atoms with Gasteiger partial charge in [0.1, 0.15) is 0 Å². The van der Waals surface area contributed by atoms with Gasteiger partial charge >= 0.3 is 0 Å². The Hall–Kier alpha value is -1.53. The molecule has 1 rings (SSSR count). The van der Waals surface area contributed by atoms with Crippen molar-refractivity contribution in [2.75, 3.05) is 13.1 Å². The molecule has 0 unspecified atom stereocenters. The van der Waals surface area contributed by atoms with Crippen molar-refractivity contribution >= 4 is 5.91 Å². The fraction of sp³-hybridized carbons (Fsp3) is 0.364. The highest BCUT2D eigenvalue weighted by molar-refractivity contribution is 5.75. The van der Waals surface area contributed by atoms with E-state index in [4.69, 9.17) is 5.73 Å². The molecule has 1 aromatic rings. The van der Waals surface area contributed by atoms with E-state index in [0.29, 0.717) is 19.5 Å². The van der Waals surface area contributed by atoms with Crippen LogP contribution in [0.3, 0.4) is 0 Å². The third-order valence-corrected chi connectivity index (χ3v) is 1.83. The molecular weight excluding hydrogens is 176 g/mol. The highest BCUT2D eigenvalue weighted by Gasteiger charge is 1.97. The number of hydrogen-bond donors (Lipinski definition) is 2. The standard InChI is InChI=1S/C11H14N2O/c12-8-6-11(14)13-9-7-10-4-2-1-3-5-10/h2,4-5H,6-9,12H2,(H,13,14). The van der Waals surface area contributed by atoms with Gasteiger partial charge in [0.2, 0.25) is 5.91 Å². The zero-order valence-corrected chi connectivity index (χ0v) is 8.05. The van der Waals surface area contributed by atoms with Crippen molar-refractivity contribution in [3.8, 4) is 0 Å². The van der Waals surface area contributed by atoms with Gasteiger partial charge in [0.25, 0.3) is 0 Å². The van der Waals surface area contributed by atoms with Gasteiger partial charge in [0.05, 0.1) is 0 Å². The minimum atomic E-state index is 0.0129. The number of nitrogens with two attached hydrogens (primary N) is 1. The predicted octanol–water partition coefficient (Wildman–Crippen LogP) is 0.294. The van der Waals surface area contributed by atoms with E-state index in [2.05, 4.69) is 17.4 Å². The molecule has 0 aliphatic rings. The first-order chi connectivity index (χ1) is 6.83. The van der Waals surface area contributed by atoms with E-state index < -0.39 is 0 Å². The highest BCUT2D eigenvalue weighted by atomic mass is 16.1. The zero-order valence-electron chi connectivity index (χ0n) is 8.05. The summed E-state index contributed by atoms with van der Waals surface area (Å²) in [6.07, 6.45) is 1.22. The lowest BCUT2D eigenvalue weighted by Gasteiger charge is -2.03. The van der Waals surface area contributed by atoms with E-state index in [9.17, 15) is 4.79 Å². The fourth-order valence-corrected chi connectivity index (χ4v) is 1.10. The maximum absolute atomic E-state index is 11.0. The predicted molar refractivity (Wildman–Crippen MR) is 54.5 cm³/mol. The number of carbonyl (C=O) groups excluding carboxylic acids is 1. The van der Waals surface area contributed by atoms with Crippen LogP contribution >= 0.6 is 0 Å². The SMILES string of the molecule is NCCC(=O)NCCc1cc#ccc1. The van der Waals surface area contributed by atoms with Crippen LogP contribution in [-0.4, -0.2) is 19.0 Å². The molecule has 3 N–H and O–H groups in total. The average Bonchev–Trinajstić information content (AvgIpc) is 2.20. The van der Waals surface area contributed by atoms with Crippen molar-refractivity contribution < 1.29 is 4.79 Å². The minimum absolute atomic E-state index is 0.0129. The second-order valence-electron chi connectivity index (χ2n) is 2.98. The Kier molecular flexibility index (Phi) is 4.53.